The summed E-state index contributed by atoms with van der Waals surface area (Å²) < 4.78 is 20.1. The van der Waals surface area contributed by atoms with Gasteiger partial charge in [0.2, 0.25) is 5.91 Å². The minimum atomic E-state index is -0.319. The van der Waals surface area contributed by atoms with Crippen LogP contribution in [0.4, 0.5) is 10.2 Å². The van der Waals surface area contributed by atoms with Crippen LogP contribution in [0.1, 0.15) is 31.9 Å². The Labute approximate surface area is 135 Å². The summed E-state index contributed by atoms with van der Waals surface area (Å²) in [6.07, 6.45) is 4.29. The van der Waals surface area contributed by atoms with Gasteiger partial charge in [0, 0.05) is 19.7 Å². The van der Waals surface area contributed by atoms with Gasteiger partial charge in [0.25, 0.3) is 0 Å². The van der Waals surface area contributed by atoms with Gasteiger partial charge >= 0.3 is 0 Å². The van der Waals surface area contributed by atoms with Gasteiger partial charge in [-0.15, -0.1) is 0 Å². The Balaban J connectivity index is 1.66. The van der Waals surface area contributed by atoms with Crippen molar-refractivity contribution in [1.82, 2.24) is 9.97 Å². The van der Waals surface area contributed by atoms with Crippen LogP contribution >= 0.6 is 0 Å². The van der Waals surface area contributed by atoms with Crippen molar-refractivity contribution in [3.05, 3.63) is 17.8 Å². The smallest absolute Gasteiger partial charge is 0.223 e. The Morgan fingerprint density at radius 2 is 2.13 bits per heavy atom. The first-order valence-electron chi connectivity index (χ1n) is 8.27. The Kier molecular flexibility index (Phi) is 4.75. The molecule has 3 heterocycles. The number of rotatable bonds is 4. The molecular formula is C16H23FN4O2. The second-order valence-electron chi connectivity index (χ2n) is 6.27. The third-order valence-electron chi connectivity index (χ3n) is 4.98. The summed E-state index contributed by atoms with van der Waals surface area (Å²) >= 11 is 0. The van der Waals surface area contributed by atoms with E-state index in [1.54, 1.807) is 0 Å². The van der Waals surface area contributed by atoms with Crippen molar-refractivity contribution >= 4 is 11.7 Å². The van der Waals surface area contributed by atoms with E-state index in [9.17, 15) is 9.18 Å². The molecule has 0 aliphatic carbocycles. The lowest BCUT2D eigenvalue weighted by molar-refractivity contribution is -0.124. The number of piperidine rings is 1. The molecule has 3 rings (SSSR count). The van der Waals surface area contributed by atoms with Crippen molar-refractivity contribution in [1.29, 1.82) is 0 Å². The summed E-state index contributed by atoms with van der Waals surface area (Å²) in [7, 11) is 0. The third kappa shape index (κ3) is 3.15. The van der Waals surface area contributed by atoms with E-state index in [0.29, 0.717) is 50.0 Å². The second-order valence-corrected chi connectivity index (χ2v) is 6.27. The Hall–Kier alpha value is -1.76. The molecule has 0 bridgehead atoms. The summed E-state index contributed by atoms with van der Waals surface area (Å²) in [6, 6.07) is 0. The molecule has 2 atom stereocenters. The van der Waals surface area contributed by atoms with Crippen molar-refractivity contribution in [2.45, 2.75) is 38.7 Å². The van der Waals surface area contributed by atoms with Crippen LogP contribution in [0.2, 0.25) is 0 Å². The Morgan fingerprint density at radius 1 is 1.39 bits per heavy atom. The minimum absolute atomic E-state index is 0.0869. The second kappa shape index (κ2) is 6.78. The van der Waals surface area contributed by atoms with E-state index in [2.05, 4.69) is 9.97 Å². The third-order valence-corrected chi connectivity index (χ3v) is 4.98. The number of hydrogen-bond donors (Lipinski definition) is 1. The van der Waals surface area contributed by atoms with Gasteiger partial charge in [-0.25, -0.2) is 14.4 Å². The van der Waals surface area contributed by atoms with Crippen molar-refractivity contribution in [3.63, 3.8) is 0 Å². The molecule has 1 amide bonds. The highest BCUT2D eigenvalue weighted by molar-refractivity contribution is 5.77. The summed E-state index contributed by atoms with van der Waals surface area (Å²) in [6.45, 7) is 3.88. The van der Waals surface area contributed by atoms with Gasteiger partial charge in [-0.3, -0.25) is 4.79 Å². The van der Waals surface area contributed by atoms with Gasteiger partial charge in [-0.2, -0.15) is 0 Å². The molecule has 0 radical (unpaired) electrons. The monoisotopic (exact) mass is 322 g/mol. The molecular weight excluding hydrogens is 299 g/mol. The Bertz CT molecular complexity index is 575. The van der Waals surface area contributed by atoms with Crippen molar-refractivity contribution in [2.75, 3.05) is 24.6 Å². The van der Waals surface area contributed by atoms with Gasteiger partial charge in [-0.1, -0.05) is 6.92 Å². The first-order valence-corrected chi connectivity index (χ1v) is 8.27. The zero-order chi connectivity index (χ0) is 16.4. The van der Waals surface area contributed by atoms with Gasteiger partial charge in [0.1, 0.15) is 6.33 Å². The number of nitrogens with two attached hydrogens (primary N) is 1. The molecule has 23 heavy (non-hydrogen) atoms. The number of ether oxygens (including phenoxy) is 1. The van der Waals surface area contributed by atoms with E-state index < -0.39 is 0 Å². The molecule has 126 valence electrons. The fourth-order valence-corrected chi connectivity index (χ4v) is 3.68. The van der Waals surface area contributed by atoms with Crippen molar-refractivity contribution in [3.8, 4) is 0 Å². The lowest BCUT2D eigenvalue weighted by Gasteiger charge is -2.36. The number of carbonyl (C=O) groups is 1. The molecule has 0 spiro atoms. The largest absolute Gasteiger partial charge is 0.377 e. The SMILES string of the molecule is CCc1ncnc(N2CCC([C@H]3OCC[C@@H]3C(N)=O)CC2)c1F. The van der Waals surface area contributed by atoms with Crippen LogP contribution in [0.25, 0.3) is 0 Å². The molecule has 2 N–H and O–H groups in total. The molecule has 2 fully saturated rings. The van der Waals surface area contributed by atoms with Gasteiger partial charge in [0.05, 0.1) is 17.7 Å². The predicted octanol–water partition coefficient (Wildman–Crippen LogP) is 1.28. The van der Waals surface area contributed by atoms with E-state index >= 15 is 0 Å². The average molecular weight is 322 g/mol. The van der Waals surface area contributed by atoms with Crippen molar-refractivity contribution in [2.24, 2.45) is 17.6 Å². The van der Waals surface area contributed by atoms with Crippen LogP contribution in [-0.4, -0.2) is 41.7 Å². The number of halogens is 1. The zero-order valence-electron chi connectivity index (χ0n) is 13.4. The number of aromatic nitrogens is 2. The van der Waals surface area contributed by atoms with Gasteiger partial charge in [-0.05, 0) is 31.6 Å². The number of primary amides is 1. The fourth-order valence-electron chi connectivity index (χ4n) is 3.68. The molecule has 0 unspecified atom stereocenters. The molecule has 7 heteroatoms. The van der Waals surface area contributed by atoms with Crippen LogP contribution in [-0.2, 0) is 16.0 Å². The molecule has 0 saturated carbocycles. The molecule has 2 aliphatic heterocycles. The number of aryl methyl sites for hydroxylation is 1. The maximum absolute atomic E-state index is 14.4. The number of hydrogen-bond acceptors (Lipinski definition) is 5. The first-order chi connectivity index (χ1) is 11.1. The minimum Gasteiger partial charge on any atom is -0.377 e. The fraction of sp³-hybridized carbons (Fsp3) is 0.688. The standard InChI is InChI=1S/C16H23FN4O2/c1-2-12-13(17)16(20-9-19-12)21-6-3-10(4-7-21)14-11(15(18)22)5-8-23-14/h9-11,14H,2-8H2,1H3,(H2,18,22)/t11-,14+/m0/s1. The van der Waals surface area contributed by atoms with E-state index in [1.165, 1.54) is 6.33 Å². The number of carbonyl (C=O) groups excluding carboxylic acids is 1. The molecule has 2 aliphatic rings. The van der Waals surface area contributed by atoms with Crippen molar-refractivity contribution < 1.29 is 13.9 Å². The molecule has 0 aromatic carbocycles. The average Bonchev–Trinajstić information content (AvgIpc) is 3.05. The lowest BCUT2D eigenvalue weighted by atomic mass is 9.84. The Morgan fingerprint density at radius 3 is 2.78 bits per heavy atom. The molecule has 2 saturated heterocycles. The lowest BCUT2D eigenvalue weighted by Crippen LogP contribution is -2.42. The maximum Gasteiger partial charge on any atom is 0.223 e. The molecule has 1 aromatic heterocycles. The van der Waals surface area contributed by atoms with E-state index in [-0.39, 0.29) is 23.7 Å². The highest BCUT2D eigenvalue weighted by atomic mass is 19.1. The van der Waals surface area contributed by atoms with E-state index in [1.807, 2.05) is 11.8 Å². The van der Waals surface area contributed by atoms with Crippen LogP contribution in [0.15, 0.2) is 6.33 Å². The zero-order valence-corrected chi connectivity index (χ0v) is 13.4. The van der Waals surface area contributed by atoms with Crippen LogP contribution in [0.5, 0.6) is 0 Å². The molecule has 1 aromatic rings. The van der Waals surface area contributed by atoms with E-state index in [0.717, 1.165) is 12.8 Å². The number of nitrogens with zero attached hydrogens (tertiary/aromatic N) is 3. The summed E-state index contributed by atoms with van der Waals surface area (Å²) in [5, 5.41) is 0. The maximum atomic E-state index is 14.4. The summed E-state index contributed by atoms with van der Waals surface area (Å²) in [5.74, 6) is -0.102. The number of amides is 1. The van der Waals surface area contributed by atoms with E-state index in [4.69, 9.17) is 10.5 Å². The summed E-state index contributed by atoms with van der Waals surface area (Å²) in [4.78, 5) is 21.6. The van der Waals surface area contributed by atoms with Crippen LogP contribution < -0.4 is 10.6 Å². The van der Waals surface area contributed by atoms with Crippen LogP contribution in [0, 0.1) is 17.7 Å². The first kappa shape index (κ1) is 16.1. The molecule has 6 nitrogen and oxygen atoms in total. The highest BCUT2D eigenvalue weighted by Crippen LogP contribution is 2.34. The van der Waals surface area contributed by atoms with Gasteiger partial charge < -0.3 is 15.4 Å². The topological polar surface area (TPSA) is 81.3 Å². The normalized spacial score (nSPS) is 25.7. The quantitative estimate of drug-likeness (QED) is 0.903. The number of anilines is 1. The van der Waals surface area contributed by atoms with Crippen LogP contribution in [0.3, 0.4) is 0 Å². The highest BCUT2D eigenvalue weighted by Gasteiger charge is 2.39. The predicted molar refractivity (Wildman–Crippen MR) is 83.3 cm³/mol. The summed E-state index contributed by atoms with van der Waals surface area (Å²) in [5.41, 5.74) is 5.92. The van der Waals surface area contributed by atoms with Gasteiger partial charge in [0.15, 0.2) is 11.6 Å².